The third kappa shape index (κ3) is 9.48. The number of nitrogens with zero attached hydrogens (tertiary/aromatic N) is 1. The second-order valence-corrected chi connectivity index (χ2v) is 13.6. The number of ether oxygens (including phenoxy) is 1. The summed E-state index contributed by atoms with van der Waals surface area (Å²) in [5.41, 5.74) is 4.97. The van der Waals surface area contributed by atoms with E-state index >= 15 is 0 Å². The van der Waals surface area contributed by atoms with Crippen LogP contribution in [0.5, 0.6) is 5.75 Å². The van der Waals surface area contributed by atoms with Gasteiger partial charge in [-0.15, -0.1) is 0 Å². The van der Waals surface area contributed by atoms with E-state index in [1.54, 1.807) is 24.3 Å². The molecule has 0 bridgehead atoms. The fraction of sp³-hybridized carbons (Fsp3) is 0.233. The second-order valence-electron chi connectivity index (χ2n) is 13.6. The second kappa shape index (κ2) is 17.3. The lowest BCUT2D eigenvalue weighted by molar-refractivity contribution is 0.0593. The number of furan rings is 1. The van der Waals surface area contributed by atoms with E-state index in [0.29, 0.717) is 22.4 Å². The van der Waals surface area contributed by atoms with Crippen molar-refractivity contribution in [3.8, 4) is 16.9 Å². The van der Waals surface area contributed by atoms with Crippen molar-refractivity contribution in [2.75, 3.05) is 36.8 Å². The Labute approximate surface area is 317 Å². The van der Waals surface area contributed by atoms with Gasteiger partial charge in [-0.3, -0.25) is 14.9 Å². The van der Waals surface area contributed by atoms with E-state index in [-0.39, 0.29) is 47.7 Å². The van der Waals surface area contributed by atoms with E-state index < -0.39 is 12.2 Å². The number of aliphatic hydroxyl groups excluding tert-OH is 1. The molecule has 1 atom stereocenters. The molecule has 6 aromatic rings. The first-order chi connectivity index (χ1) is 26.8. The van der Waals surface area contributed by atoms with Crippen molar-refractivity contribution < 1.29 is 29.0 Å². The molecule has 1 aliphatic rings. The van der Waals surface area contributed by atoms with Gasteiger partial charge in [-0.1, -0.05) is 66.7 Å². The highest BCUT2D eigenvalue weighted by atomic mass is 16.6. The number of hydrogen-bond donors (Lipinski definition) is 6. The van der Waals surface area contributed by atoms with Gasteiger partial charge in [-0.25, -0.2) is 4.79 Å². The smallest absolute Gasteiger partial charge is 0.411 e. The van der Waals surface area contributed by atoms with Crippen molar-refractivity contribution in [2.24, 2.45) is 0 Å². The Kier molecular flexibility index (Phi) is 11.7. The summed E-state index contributed by atoms with van der Waals surface area (Å²) >= 11 is 0. The van der Waals surface area contributed by atoms with Gasteiger partial charge in [0, 0.05) is 48.9 Å². The number of carbonyl (C=O) groups excluding carboxylic acids is 2. The number of aromatic nitrogens is 1. The summed E-state index contributed by atoms with van der Waals surface area (Å²) in [6.45, 7) is 3.00. The minimum Gasteiger partial charge on any atom is -0.506 e. The van der Waals surface area contributed by atoms with Crippen LogP contribution in [0.2, 0.25) is 0 Å². The van der Waals surface area contributed by atoms with Crippen molar-refractivity contribution >= 4 is 34.3 Å². The minimum atomic E-state index is -0.920. The van der Waals surface area contributed by atoms with Crippen LogP contribution in [0.3, 0.4) is 0 Å². The lowest BCUT2D eigenvalue weighted by atomic mass is 10.0. The Balaban J connectivity index is 0.813. The average molecular weight is 742 g/mol. The van der Waals surface area contributed by atoms with Crippen LogP contribution in [0.15, 0.2) is 124 Å². The molecule has 6 N–H and O–H groups in total. The summed E-state index contributed by atoms with van der Waals surface area (Å²) in [6, 6.07) is 34.7. The molecule has 0 aliphatic carbocycles. The van der Waals surface area contributed by atoms with Gasteiger partial charge in [0.2, 0.25) is 5.56 Å². The molecule has 12 heteroatoms. The van der Waals surface area contributed by atoms with Crippen LogP contribution in [0, 0.1) is 0 Å². The Morgan fingerprint density at radius 2 is 1.64 bits per heavy atom. The number of likely N-dealkylation sites (tertiary alicyclic amines) is 1. The fourth-order valence-electron chi connectivity index (χ4n) is 6.82. The van der Waals surface area contributed by atoms with Gasteiger partial charge >= 0.3 is 6.09 Å². The maximum Gasteiger partial charge on any atom is 0.411 e. The highest BCUT2D eigenvalue weighted by molar-refractivity contribution is 6.02. The number of rotatable bonds is 13. The largest absolute Gasteiger partial charge is 0.506 e. The van der Waals surface area contributed by atoms with E-state index in [2.05, 4.69) is 25.8 Å². The highest BCUT2D eigenvalue weighted by Crippen LogP contribution is 2.30. The molecule has 3 heterocycles. The van der Waals surface area contributed by atoms with E-state index in [1.165, 1.54) is 12.1 Å². The number of benzene rings is 4. The number of pyridine rings is 1. The normalized spacial score (nSPS) is 14.1. The van der Waals surface area contributed by atoms with Crippen LogP contribution in [0.1, 0.15) is 46.4 Å². The quantitative estimate of drug-likeness (QED) is 0.0744. The van der Waals surface area contributed by atoms with Gasteiger partial charge in [0.05, 0.1) is 23.9 Å². The molecule has 282 valence electrons. The predicted octanol–water partition coefficient (Wildman–Crippen LogP) is 6.82. The molecule has 0 spiro atoms. The van der Waals surface area contributed by atoms with Crippen LogP contribution in [-0.4, -0.2) is 64.4 Å². The van der Waals surface area contributed by atoms with Crippen LogP contribution in [0.4, 0.5) is 16.2 Å². The summed E-state index contributed by atoms with van der Waals surface area (Å²) in [5, 5.41) is 30.4. The number of hydrogen-bond acceptors (Lipinski definition) is 9. The van der Waals surface area contributed by atoms with Gasteiger partial charge in [0.1, 0.15) is 17.6 Å². The number of phenols is 1. The molecular formula is C43H43N5O7. The fourth-order valence-corrected chi connectivity index (χ4v) is 6.82. The Bertz CT molecular complexity index is 2300. The van der Waals surface area contributed by atoms with Gasteiger partial charge < -0.3 is 39.9 Å². The van der Waals surface area contributed by atoms with Gasteiger partial charge in [-0.2, -0.15) is 0 Å². The number of H-pyrrole nitrogens is 1. The monoisotopic (exact) mass is 741 g/mol. The molecule has 0 radical (unpaired) electrons. The molecule has 4 aromatic carbocycles. The summed E-state index contributed by atoms with van der Waals surface area (Å²) in [6.07, 6.45) is 0.899. The first kappa shape index (κ1) is 37.1. The predicted molar refractivity (Wildman–Crippen MR) is 211 cm³/mol. The summed E-state index contributed by atoms with van der Waals surface area (Å²) in [5.74, 6) is 0.242. The number of carbonyl (C=O) groups is 2. The van der Waals surface area contributed by atoms with Crippen LogP contribution in [-0.2, 0) is 17.7 Å². The van der Waals surface area contributed by atoms with Crippen molar-refractivity contribution in [3.63, 3.8) is 0 Å². The molecular weight excluding hydrogens is 699 g/mol. The highest BCUT2D eigenvalue weighted by Gasteiger charge is 2.23. The molecule has 2 aromatic heterocycles. The zero-order valence-electron chi connectivity index (χ0n) is 30.2. The number of phenolic OH excluding ortho intramolecular Hbond substituents is 1. The van der Waals surface area contributed by atoms with Crippen molar-refractivity contribution in [1.82, 2.24) is 15.2 Å². The van der Waals surface area contributed by atoms with Crippen molar-refractivity contribution in [1.29, 1.82) is 0 Å². The number of para-hydroxylation sites is 1. The summed E-state index contributed by atoms with van der Waals surface area (Å²) < 4.78 is 11.5. The topological polar surface area (TPSA) is 169 Å². The van der Waals surface area contributed by atoms with E-state index in [4.69, 9.17) is 9.15 Å². The van der Waals surface area contributed by atoms with E-state index in [9.17, 15) is 24.6 Å². The third-order valence-corrected chi connectivity index (χ3v) is 9.77. The Morgan fingerprint density at radius 1 is 0.873 bits per heavy atom. The van der Waals surface area contributed by atoms with E-state index in [0.717, 1.165) is 61.3 Å². The molecule has 1 unspecified atom stereocenters. The number of anilines is 2. The number of amides is 2. The molecule has 2 amide bonds. The van der Waals surface area contributed by atoms with Crippen LogP contribution in [0.25, 0.3) is 22.0 Å². The SMILES string of the molecule is O=C(Nc1ccccc1-c1ccccc1)OC1CCN(CCc2ccc(NC(=O)c3ccc(CNCC(O)c4ccc(O)c5[nH]c(=O)ccc45)o3)cc2)CC1. The molecule has 1 saturated heterocycles. The zero-order chi connectivity index (χ0) is 38.1. The molecule has 1 aliphatic heterocycles. The van der Waals surface area contributed by atoms with Crippen LogP contribution < -0.4 is 21.5 Å². The lowest BCUT2D eigenvalue weighted by Crippen LogP contribution is -2.39. The third-order valence-electron chi connectivity index (χ3n) is 9.77. The Hall–Kier alpha value is -6.21. The lowest BCUT2D eigenvalue weighted by Gasteiger charge is -2.31. The minimum absolute atomic E-state index is 0.0739. The summed E-state index contributed by atoms with van der Waals surface area (Å²) in [4.78, 5) is 42.3. The van der Waals surface area contributed by atoms with Crippen LogP contribution >= 0.6 is 0 Å². The molecule has 0 saturated carbocycles. The number of fused-ring (bicyclic) bond motifs is 1. The summed E-state index contributed by atoms with van der Waals surface area (Å²) in [7, 11) is 0. The maximum atomic E-state index is 12.9. The zero-order valence-corrected chi connectivity index (χ0v) is 30.2. The number of aliphatic hydroxyl groups is 1. The molecule has 1 fully saturated rings. The number of aromatic amines is 1. The molecule has 12 nitrogen and oxygen atoms in total. The number of nitrogens with one attached hydrogen (secondary N) is 4. The molecule has 55 heavy (non-hydrogen) atoms. The maximum absolute atomic E-state index is 12.9. The van der Waals surface area contributed by atoms with E-state index in [1.807, 2.05) is 78.9 Å². The molecule has 7 rings (SSSR count). The van der Waals surface area contributed by atoms with Crippen molar-refractivity contribution in [3.05, 3.63) is 148 Å². The van der Waals surface area contributed by atoms with Gasteiger partial charge in [0.15, 0.2) is 5.76 Å². The number of aromatic hydroxyl groups is 1. The van der Waals surface area contributed by atoms with Crippen molar-refractivity contribution in [2.45, 2.75) is 38.0 Å². The van der Waals surface area contributed by atoms with Gasteiger partial charge in [-0.05, 0) is 78.4 Å². The first-order valence-electron chi connectivity index (χ1n) is 18.4. The average Bonchev–Trinajstić information content (AvgIpc) is 3.68. The standard InChI is InChI=1S/C43H43N5O7/c49-37-17-15-34(35-16-19-40(51)47-41(35)37)38(50)27-44-26-32-14-18-39(54-32)42(52)45-30-12-10-28(11-13-30)20-23-48-24-21-31(22-25-48)55-43(53)46-36-9-5-4-8-33(36)29-6-2-1-3-7-29/h1-19,31,38,44,49-50H,20-27H2,(H,45,52)(H,46,53)(H,47,51). The Morgan fingerprint density at radius 3 is 2.44 bits per heavy atom. The number of piperidine rings is 1. The first-order valence-corrected chi connectivity index (χ1v) is 18.4. The van der Waals surface area contributed by atoms with Gasteiger partial charge in [0.25, 0.3) is 5.91 Å².